The summed E-state index contributed by atoms with van der Waals surface area (Å²) in [6, 6.07) is 2.85. The quantitative estimate of drug-likeness (QED) is 0.526. The van der Waals surface area contributed by atoms with Gasteiger partial charge in [0.1, 0.15) is 24.2 Å². The molecule has 3 aliphatic heterocycles. The Balaban J connectivity index is 0.000000298. The average molecular weight is 419 g/mol. The maximum atomic E-state index is 14.2. The van der Waals surface area contributed by atoms with Gasteiger partial charge in [0.05, 0.1) is 17.4 Å². The van der Waals surface area contributed by atoms with Crippen LogP contribution in [0.4, 0.5) is 28.9 Å². The van der Waals surface area contributed by atoms with Crippen molar-refractivity contribution < 1.29 is 37.0 Å². The number of aliphatic carboxylic acids is 1. The molecule has 4 N–H and O–H groups in total. The van der Waals surface area contributed by atoms with E-state index in [9.17, 15) is 22.4 Å². The Morgan fingerprint density at radius 3 is 2.59 bits per heavy atom. The highest BCUT2D eigenvalue weighted by Crippen LogP contribution is 2.38. The first-order valence-electron chi connectivity index (χ1n) is 8.47. The van der Waals surface area contributed by atoms with E-state index in [0.29, 0.717) is 23.0 Å². The number of carboxylic acids is 1. The summed E-state index contributed by atoms with van der Waals surface area (Å²) in [6.07, 6.45) is -5.08. The Hall–Kier alpha value is -3.09. The normalized spacial score (nSPS) is 20.6. The Bertz CT molecular complexity index is 856. The van der Waals surface area contributed by atoms with Gasteiger partial charge in [-0.3, -0.25) is 4.79 Å². The van der Waals surface area contributed by atoms with Gasteiger partial charge in [0.25, 0.3) is 5.91 Å². The topological polar surface area (TPSA) is 115 Å². The van der Waals surface area contributed by atoms with Gasteiger partial charge in [-0.1, -0.05) is 0 Å². The number of nitrogens with one attached hydrogen (secondary N) is 3. The fourth-order valence-corrected chi connectivity index (χ4v) is 2.77. The van der Waals surface area contributed by atoms with Gasteiger partial charge in [-0.2, -0.15) is 18.3 Å². The van der Waals surface area contributed by atoms with Crippen molar-refractivity contribution in [2.45, 2.75) is 25.2 Å². The maximum absolute atomic E-state index is 14.2. The number of rotatable bonds is 2. The zero-order valence-electron chi connectivity index (χ0n) is 15.0. The van der Waals surface area contributed by atoms with E-state index >= 15 is 0 Å². The van der Waals surface area contributed by atoms with E-state index in [2.05, 4.69) is 21.2 Å². The van der Waals surface area contributed by atoms with Gasteiger partial charge in [0.2, 0.25) is 0 Å². The lowest BCUT2D eigenvalue weighted by atomic mass is 10.1. The fraction of sp³-hybridized carbons (Fsp3) is 0.438. The number of nitrogens with zero attached hydrogens (tertiary/aromatic N) is 2. The monoisotopic (exact) mass is 419 g/mol. The van der Waals surface area contributed by atoms with Gasteiger partial charge in [-0.25, -0.2) is 14.6 Å². The summed E-state index contributed by atoms with van der Waals surface area (Å²) in [6.45, 7) is 3.60. The van der Waals surface area contributed by atoms with Crippen LogP contribution in [0.3, 0.4) is 0 Å². The predicted octanol–water partition coefficient (Wildman–Crippen LogP) is 0.873. The number of halogens is 4. The van der Waals surface area contributed by atoms with Crippen LogP contribution in [-0.4, -0.2) is 60.8 Å². The molecule has 3 aliphatic rings. The summed E-state index contributed by atoms with van der Waals surface area (Å²) in [7, 11) is 0. The van der Waals surface area contributed by atoms with E-state index in [1.807, 2.05) is 0 Å². The van der Waals surface area contributed by atoms with Crippen LogP contribution in [0.15, 0.2) is 17.2 Å². The third kappa shape index (κ3) is 4.34. The highest BCUT2D eigenvalue weighted by atomic mass is 19.4. The highest BCUT2D eigenvalue weighted by Gasteiger charge is 2.38. The van der Waals surface area contributed by atoms with Crippen molar-refractivity contribution in [1.29, 1.82) is 0 Å². The van der Waals surface area contributed by atoms with Crippen LogP contribution in [0.25, 0.3) is 0 Å². The molecule has 0 bridgehead atoms. The summed E-state index contributed by atoms with van der Waals surface area (Å²) in [4.78, 5) is 22.5. The Labute approximate surface area is 161 Å². The molecule has 0 unspecified atom stereocenters. The zero-order chi connectivity index (χ0) is 21.3. The SMILES string of the molecule is C[C@@H]1C(=O)NN=C2COc3cc(F)c(NC4CNC4)cc3N21.O=C(O)C(F)(F)F. The number of hydrazone groups is 1. The van der Waals surface area contributed by atoms with Gasteiger partial charge < -0.3 is 25.4 Å². The van der Waals surface area contributed by atoms with Gasteiger partial charge >= 0.3 is 12.1 Å². The Morgan fingerprint density at radius 2 is 2.03 bits per heavy atom. The van der Waals surface area contributed by atoms with Crippen molar-refractivity contribution in [3.05, 3.63) is 17.9 Å². The zero-order valence-corrected chi connectivity index (χ0v) is 15.0. The first kappa shape index (κ1) is 20.6. The van der Waals surface area contributed by atoms with E-state index in [0.717, 1.165) is 13.1 Å². The number of carboxylic acid groups (broad SMARTS) is 1. The Kier molecular flexibility index (Phi) is 5.50. The van der Waals surface area contributed by atoms with Crippen LogP contribution in [0.5, 0.6) is 5.75 Å². The fourth-order valence-electron chi connectivity index (χ4n) is 2.77. The standard InChI is InChI=1S/C14H16FN5O2.C2HF3O2/c1-7-14(21)19-18-13-6-22-12-2-9(15)10(3-11(12)20(7)13)17-8-4-16-5-8;3-2(4,5)1(6)7/h2-3,7-8,16-17H,4-6H2,1H3,(H,19,21);(H,6,7)/t7-;/m1./s1. The molecule has 1 aromatic carbocycles. The van der Waals surface area contributed by atoms with E-state index in [-0.39, 0.29) is 24.4 Å². The largest absolute Gasteiger partial charge is 0.490 e. The molecule has 0 aliphatic carbocycles. The number of anilines is 2. The molecule has 4 rings (SSSR count). The third-order valence-corrected chi connectivity index (χ3v) is 4.39. The minimum absolute atomic E-state index is 0.196. The van der Waals surface area contributed by atoms with Crippen molar-refractivity contribution in [1.82, 2.24) is 10.7 Å². The summed E-state index contributed by atoms with van der Waals surface area (Å²) in [5.74, 6) is -2.27. The number of hydrogen-bond acceptors (Lipinski definition) is 7. The minimum Gasteiger partial charge on any atom is -0.483 e. The summed E-state index contributed by atoms with van der Waals surface area (Å²) in [5.41, 5.74) is 3.53. The second-order valence-electron chi connectivity index (χ2n) is 6.44. The molecule has 0 radical (unpaired) electrons. The molecule has 1 aromatic rings. The van der Waals surface area contributed by atoms with Crippen molar-refractivity contribution in [3.8, 4) is 5.75 Å². The van der Waals surface area contributed by atoms with E-state index < -0.39 is 18.2 Å². The molecule has 1 amide bonds. The third-order valence-electron chi connectivity index (χ3n) is 4.39. The number of amidine groups is 1. The lowest BCUT2D eigenvalue weighted by Crippen LogP contribution is -2.55. The lowest BCUT2D eigenvalue weighted by Gasteiger charge is -2.38. The first-order valence-corrected chi connectivity index (χ1v) is 8.47. The molecular formula is C16H17F4N5O4. The van der Waals surface area contributed by atoms with E-state index in [1.165, 1.54) is 6.07 Å². The van der Waals surface area contributed by atoms with E-state index in [1.54, 1.807) is 17.9 Å². The first-order chi connectivity index (χ1) is 13.6. The minimum atomic E-state index is -5.08. The van der Waals surface area contributed by atoms with Crippen LogP contribution in [-0.2, 0) is 9.59 Å². The van der Waals surface area contributed by atoms with E-state index in [4.69, 9.17) is 14.6 Å². The number of fused-ring (bicyclic) bond motifs is 3. The number of alkyl halides is 3. The molecule has 13 heteroatoms. The molecule has 1 saturated heterocycles. The number of carbonyl (C=O) groups excluding carboxylic acids is 1. The van der Waals surface area contributed by atoms with Crippen LogP contribution in [0, 0.1) is 5.82 Å². The lowest BCUT2D eigenvalue weighted by molar-refractivity contribution is -0.192. The van der Waals surface area contributed by atoms with Crippen LogP contribution >= 0.6 is 0 Å². The van der Waals surface area contributed by atoms with Crippen molar-refractivity contribution in [2.24, 2.45) is 5.10 Å². The molecule has 1 fully saturated rings. The number of amides is 1. The number of benzene rings is 1. The van der Waals surface area contributed by atoms with Gasteiger partial charge in [0.15, 0.2) is 5.84 Å². The second-order valence-corrected chi connectivity index (χ2v) is 6.44. The molecule has 0 saturated carbocycles. The summed E-state index contributed by atoms with van der Waals surface area (Å²) < 4.78 is 51.5. The molecule has 158 valence electrons. The van der Waals surface area contributed by atoms with Crippen molar-refractivity contribution in [2.75, 3.05) is 29.9 Å². The average Bonchev–Trinajstić information content (AvgIpc) is 2.61. The van der Waals surface area contributed by atoms with Gasteiger partial charge in [-0.05, 0) is 13.0 Å². The summed E-state index contributed by atoms with van der Waals surface area (Å²) >= 11 is 0. The molecular weight excluding hydrogens is 402 g/mol. The summed E-state index contributed by atoms with van der Waals surface area (Å²) in [5, 5.41) is 17.4. The van der Waals surface area contributed by atoms with Crippen LogP contribution < -0.4 is 25.7 Å². The molecule has 1 atom stereocenters. The van der Waals surface area contributed by atoms with Crippen LogP contribution in [0.2, 0.25) is 0 Å². The molecule has 9 nitrogen and oxygen atoms in total. The van der Waals surface area contributed by atoms with Crippen molar-refractivity contribution in [3.63, 3.8) is 0 Å². The molecule has 3 heterocycles. The van der Waals surface area contributed by atoms with Gasteiger partial charge in [-0.15, -0.1) is 0 Å². The molecule has 0 spiro atoms. The smallest absolute Gasteiger partial charge is 0.483 e. The van der Waals surface area contributed by atoms with Gasteiger partial charge in [0, 0.05) is 19.2 Å². The number of ether oxygens (including phenoxy) is 1. The predicted molar refractivity (Wildman–Crippen MR) is 93.4 cm³/mol. The Morgan fingerprint density at radius 1 is 1.38 bits per heavy atom. The highest BCUT2D eigenvalue weighted by molar-refractivity contribution is 6.09. The second kappa shape index (κ2) is 7.73. The maximum Gasteiger partial charge on any atom is 0.490 e. The number of hydrogen-bond donors (Lipinski definition) is 4. The van der Waals surface area contributed by atoms with Crippen LogP contribution in [0.1, 0.15) is 6.92 Å². The van der Waals surface area contributed by atoms with Crippen molar-refractivity contribution >= 4 is 29.1 Å². The molecule has 29 heavy (non-hydrogen) atoms. The number of carbonyl (C=O) groups is 2. The molecule has 0 aromatic heterocycles.